The Morgan fingerprint density at radius 3 is 2.53 bits per heavy atom. The molecule has 0 bridgehead atoms. The van der Waals surface area contributed by atoms with E-state index in [1.54, 1.807) is 27.1 Å². The molecule has 1 rings (SSSR count). The number of benzene rings is 1. The third kappa shape index (κ3) is 3.16. The summed E-state index contributed by atoms with van der Waals surface area (Å²) < 4.78 is 0.607. The molecule has 0 spiro atoms. The first-order valence-electron chi connectivity index (χ1n) is 4.75. The van der Waals surface area contributed by atoms with Gasteiger partial charge in [0.25, 0.3) is 5.69 Å². The van der Waals surface area contributed by atoms with Gasteiger partial charge in [-0.15, -0.1) is 0 Å². The number of aryl methyl sites for hydroxylation is 1. The highest BCUT2D eigenvalue weighted by Crippen LogP contribution is 2.30. The smallest absolute Gasteiger partial charge is 0.321 e. The van der Waals surface area contributed by atoms with Crippen LogP contribution in [0.4, 0.5) is 16.2 Å². The van der Waals surface area contributed by atoms with Crippen molar-refractivity contribution in [3.05, 3.63) is 32.3 Å². The van der Waals surface area contributed by atoms with E-state index >= 15 is 0 Å². The Labute approximate surface area is 107 Å². The third-order valence-corrected chi connectivity index (χ3v) is 2.79. The van der Waals surface area contributed by atoms with Gasteiger partial charge in [-0.25, -0.2) is 4.79 Å². The molecule has 0 saturated heterocycles. The van der Waals surface area contributed by atoms with Crippen LogP contribution in [0.3, 0.4) is 0 Å². The molecule has 0 atom stereocenters. The minimum absolute atomic E-state index is 0.0257. The molecule has 0 aliphatic heterocycles. The number of hydrogen-bond donors (Lipinski definition) is 1. The van der Waals surface area contributed by atoms with E-state index < -0.39 is 4.92 Å². The summed E-state index contributed by atoms with van der Waals surface area (Å²) in [5, 5.41) is 13.3. The molecule has 92 valence electrons. The minimum atomic E-state index is -0.479. The maximum atomic E-state index is 11.5. The van der Waals surface area contributed by atoms with Gasteiger partial charge in [0.15, 0.2) is 0 Å². The summed E-state index contributed by atoms with van der Waals surface area (Å²) in [6.45, 7) is 1.64. The highest BCUT2D eigenvalue weighted by Gasteiger charge is 2.16. The lowest BCUT2D eigenvalue weighted by molar-refractivity contribution is -0.385. The van der Waals surface area contributed by atoms with Crippen molar-refractivity contribution in [3.63, 3.8) is 0 Å². The second-order valence-corrected chi connectivity index (χ2v) is 4.55. The van der Waals surface area contributed by atoms with Gasteiger partial charge in [-0.1, -0.05) is 0 Å². The normalized spacial score (nSPS) is 9.88. The molecule has 0 fully saturated rings. The van der Waals surface area contributed by atoms with Gasteiger partial charge in [0, 0.05) is 30.2 Å². The molecule has 0 heterocycles. The molecule has 0 aliphatic carbocycles. The van der Waals surface area contributed by atoms with Crippen molar-refractivity contribution in [1.29, 1.82) is 0 Å². The quantitative estimate of drug-likeness (QED) is 0.674. The molecular formula is C10H12BrN3O3. The number of nitro benzene ring substituents is 1. The average Bonchev–Trinajstić information content (AvgIpc) is 2.21. The SMILES string of the molecule is Cc1cc(Br)c(NC(=O)N(C)C)cc1[N+](=O)[O-]. The van der Waals surface area contributed by atoms with Crippen LogP contribution in [-0.2, 0) is 0 Å². The summed E-state index contributed by atoms with van der Waals surface area (Å²) in [7, 11) is 3.18. The molecule has 7 heteroatoms. The topological polar surface area (TPSA) is 75.5 Å². The number of anilines is 1. The van der Waals surface area contributed by atoms with Crippen molar-refractivity contribution in [2.24, 2.45) is 0 Å². The number of urea groups is 1. The largest absolute Gasteiger partial charge is 0.331 e. The molecule has 6 nitrogen and oxygen atoms in total. The maximum Gasteiger partial charge on any atom is 0.321 e. The zero-order valence-electron chi connectivity index (χ0n) is 9.65. The number of nitro groups is 1. The van der Waals surface area contributed by atoms with Crippen LogP contribution in [0.1, 0.15) is 5.56 Å². The van der Waals surface area contributed by atoms with Crippen LogP contribution in [0, 0.1) is 17.0 Å². The molecule has 1 aromatic carbocycles. The summed E-state index contributed by atoms with van der Waals surface area (Å²) in [5.74, 6) is 0. The van der Waals surface area contributed by atoms with Crippen LogP contribution in [0.25, 0.3) is 0 Å². The fourth-order valence-electron chi connectivity index (χ4n) is 1.18. The van der Waals surface area contributed by atoms with E-state index in [2.05, 4.69) is 21.2 Å². The van der Waals surface area contributed by atoms with Gasteiger partial charge in [-0.3, -0.25) is 10.1 Å². The molecule has 2 amide bonds. The predicted molar refractivity (Wildman–Crippen MR) is 68.2 cm³/mol. The van der Waals surface area contributed by atoms with Crippen molar-refractivity contribution >= 4 is 33.3 Å². The second kappa shape index (κ2) is 5.13. The molecule has 0 aromatic heterocycles. The lowest BCUT2D eigenvalue weighted by Crippen LogP contribution is -2.27. The fourth-order valence-corrected chi connectivity index (χ4v) is 1.74. The van der Waals surface area contributed by atoms with Crippen LogP contribution in [0.5, 0.6) is 0 Å². The van der Waals surface area contributed by atoms with E-state index in [1.165, 1.54) is 11.0 Å². The van der Waals surface area contributed by atoms with E-state index in [-0.39, 0.29) is 11.7 Å². The Balaban J connectivity index is 3.12. The van der Waals surface area contributed by atoms with Crippen molar-refractivity contribution in [2.75, 3.05) is 19.4 Å². The van der Waals surface area contributed by atoms with Gasteiger partial charge in [0.05, 0.1) is 10.6 Å². The first-order chi connectivity index (χ1) is 7.82. The van der Waals surface area contributed by atoms with Crippen LogP contribution >= 0.6 is 15.9 Å². The van der Waals surface area contributed by atoms with Crippen molar-refractivity contribution in [3.8, 4) is 0 Å². The highest BCUT2D eigenvalue weighted by molar-refractivity contribution is 9.10. The number of halogens is 1. The highest BCUT2D eigenvalue weighted by atomic mass is 79.9. The monoisotopic (exact) mass is 301 g/mol. The molecular weight excluding hydrogens is 290 g/mol. The van der Waals surface area contributed by atoms with Gasteiger partial charge in [-0.2, -0.15) is 0 Å². The summed E-state index contributed by atoms with van der Waals surface area (Å²) in [6.07, 6.45) is 0. The van der Waals surface area contributed by atoms with E-state index in [1.807, 2.05) is 0 Å². The molecule has 1 N–H and O–H groups in total. The predicted octanol–water partition coefficient (Wildman–Crippen LogP) is 2.76. The molecule has 0 unspecified atom stereocenters. The standard InChI is InChI=1S/C10H12BrN3O3/c1-6-4-7(11)8(5-9(6)14(16)17)12-10(15)13(2)3/h4-5H,1-3H3,(H,12,15). The first-order valence-corrected chi connectivity index (χ1v) is 5.55. The Morgan fingerprint density at radius 1 is 1.47 bits per heavy atom. The summed E-state index contributed by atoms with van der Waals surface area (Å²) in [6, 6.07) is 2.59. The van der Waals surface area contributed by atoms with Crippen molar-refractivity contribution in [1.82, 2.24) is 4.90 Å². The first kappa shape index (κ1) is 13.4. The van der Waals surface area contributed by atoms with Crippen molar-refractivity contribution < 1.29 is 9.72 Å². The van der Waals surface area contributed by atoms with Gasteiger partial charge in [0.2, 0.25) is 0 Å². The molecule has 0 aliphatic rings. The molecule has 1 aromatic rings. The number of nitrogens with one attached hydrogen (secondary N) is 1. The van der Waals surface area contributed by atoms with E-state index in [9.17, 15) is 14.9 Å². The number of nitrogens with zero attached hydrogens (tertiary/aromatic N) is 2. The Bertz CT molecular complexity index is 474. The fraction of sp³-hybridized carbons (Fsp3) is 0.300. The number of hydrogen-bond acceptors (Lipinski definition) is 3. The van der Waals surface area contributed by atoms with Crippen LogP contribution in [0.15, 0.2) is 16.6 Å². The Morgan fingerprint density at radius 2 is 2.06 bits per heavy atom. The lowest BCUT2D eigenvalue weighted by Gasteiger charge is -2.13. The maximum absolute atomic E-state index is 11.5. The van der Waals surface area contributed by atoms with Gasteiger partial charge in [-0.05, 0) is 28.9 Å². The van der Waals surface area contributed by atoms with Gasteiger partial charge in [0.1, 0.15) is 0 Å². The van der Waals surface area contributed by atoms with E-state index in [4.69, 9.17) is 0 Å². The third-order valence-electron chi connectivity index (χ3n) is 2.13. The van der Waals surface area contributed by atoms with E-state index in [0.717, 1.165) is 0 Å². The summed E-state index contributed by atoms with van der Waals surface area (Å²) in [5.41, 5.74) is 0.882. The summed E-state index contributed by atoms with van der Waals surface area (Å²) >= 11 is 3.25. The molecule has 17 heavy (non-hydrogen) atoms. The molecule has 0 saturated carbocycles. The Kier molecular flexibility index (Phi) is 4.06. The molecule has 0 radical (unpaired) electrons. The minimum Gasteiger partial charge on any atom is -0.331 e. The average molecular weight is 302 g/mol. The van der Waals surface area contributed by atoms with Crippen LogP contribution < -0.4 is 5.32 Å². The van der Waals surface area contributed by atoms with E-state index in [0.29, 0.717) is 15.7 Å². The zero-order valence-corrected chi connectivity index (χ0v) is 11.2. The summed E-state index contributed by atoms with van der Waals surface area (Å²) in [4.78, 5) is 23.1. The number of amides is 2. The van der Waals surface area contributed by atoms with Crippen LogP contribution in [0.2, 0.25) is 0 Å². The van der Waals surface area contributed by atoms with Crippen molar-refractivity contribution in [2.45, 2.75) is 6.92 Å². The van der Waals surface area contributed by atoms with Crippen LogP contribution in [-0.4, -0.2) is 29.9 Å². The number of rotatable bonds is 2. The number of carbonyl (C=O) groups is 1. The number of carbonyl (C=O) groups excluding carboxylic acids is 1. The van der Waals surface area contributed by atoms with Gasteiger partial charge >= 0.3 is 6.03 Å². The lowest BCUT2D eigenvalue weighted by atomic mass is 10.2. The Hall–Kier alpha value is -1.63. The zero-order chi connectivity index (χ0) is 13.2. The second-order valence-electron chi connectivity index (χ2n) is 3.70. The van der Waals surface area contributed by atoms with Gasteiger partial charge < -0.3 is 10.2 Å².